The molecule has 2 atom stereocenters. The predicted octanol–water partition coefficient (Wildman–Crippen LogP) is 2.05. The molecular weight excluding hydrogens is 296 g/mol. The molecule has 0 aromatic rings. The van der Waals surface area contributed by atoms with E-state index in [9.17, 15) is 9.59 Å². The fraction of sp³-hybridized carbons (Fsp3) is 0.692. The number of rotatable bonds is 5. The number of nitrogens with one attached hydrogen (secondary N) is 1. The molecule has 0 aromatic carbocycles. The Balaban J connectivity index is 2.96. The van der Waals surface area contributed by atoms with Crippen LogP contribution in [0, 0.1) is 5.92 Å². The highest BCUT2D eigenvalue weighted by Gasteiger charge is 2.41. The average molecular weight is 317 g/mol. The quantitative estimate of drug-likeness (QED) is 0.844. The molecule has 1 aliphatic rings. The molecule has 4 nitrogen and oxygen atoms in total. The van der Waals surface area contributed by atoms with Crippen LogP contribution in [0.2, 0.25) is 0 Å². The Morgan fingerprint density at radius 2 is 2.11 bits per heavy atom. The van der Waals surface area contributed by atoms with Crippen molar-refractivity contribution in [3.8, 4) is 0 Å². The van der Waals surface area contributed by atoms with Crippen molar-refractivity contribution >= 4 is 27.7 Å². The van der Waals surface area contributed by atoms with Gasteiger partial charge in [0, 0.05) is 4.48 Å². The van der Waals surface area contributed by atoms with Crippen LogP contribution in [0.1, 0.15) is 33.6 Å². The Morgan fingerprint density at radius 3 is 2.56 bits per heavy atom. The maximum Gasteiger partial charge on any atom is 0.246 e. The highest BCUT2D eigenvalue weighted by atomic mass is 79.9. The van der Waals surface area contributed by atoms with Gasteiger partial charge in [-0.15, -0.1) is 0 Å². The largest absolute Gasteiger partial charge is 0.342 e. The molecule has 0 radical (unpaired) electrons. The van der Waals surface area contributed by atoms with Crippen molar-refractivity contribution in [3.05, 3.63) is 11.1 Å². The van der Waals surface area contributed by atoms with E-state index in [1.807, 2.05) is 20.8 Å². The lowest BCUT2D eigenvalue weighted by Gasteiger charge is -2.40. The molecule has 0 saturated carbocycles. The van der Waals surface area contributed by atoms with Gasteiger partial charge in [0.25, 0.3) is 0 Å². The van der Waals surface area contributed by atoms with Crippen LogP contribution in [-0.2, 0) is 9.59 Å². The molecule has 1 aliphatic heterocycles. The number of carbonyl (C=O) groups is 2. The zero-order valence-corrected chi connectivity index (χ0v) is 12.8. The van der Waals surface area contributed by atoms with Gasteiger partial charge in [-0.25, -0.2) is 0 Å². The smallest absolute Gasteiger partial charge is 0.246 e. The van der Waals surface area contributed by atoms with Crippen LogP contribution in [0.3, 0.4) is 0 Å². The Bertz CT molecular complexity index is 355. The molecule has 102 valence electrons. The van der Waals surface area contributed by atoms with Gasteiger partial charge in [0.1, 0.15) is 12.1 Å². The van der Waals surface area contributed by atoms with E-state index in [1.54, 1.807) is 4.90 Å². The van der Waals surface area contributed by atoms with E-state index in [-0.39, 0.29) is 23.8 Å². The van der Waals surface area contributed by atoms with Crippen LogP contribution in [0.25, 0.3) is 0 Å². The number of nitrogens with zero attached hydrogens (tertiary/aromatic N) is 1. The second kappa shape index (κ2) is 6.36. The van der Waals surface area contributed by atoms with E-state index < -0.39 is 6.04 Å². The number of carbonyl (C=O) groups excluding carboxylic acids is 2. The molecule has 0 bridgehead atoms. The van der Waals surface area contributed by atoms with Crippen LogP contribution in [0.4, 0.5) is 0 Å². The Morgan fingerprint density at radius 1 is 1.50 bits per heavy atom. The van der Waals surface area contributed by atoms with Gasteiger partial charge >= 0.3 is 0 Å². The summed E-state index contributed by atoms with van der Waals surface area (Å²) in [6.45, 7) is 10.0. The topological polar surface area (TPSA) is 49.4 Å². The lowest BCUT2D eigenvalue weighted by atomic mass is 9.95. The second-order valence-corrected chi connectivity index (χ2v) is 6.14. The highest BCUT2D eigenvalue weighted by Crippen LogP contribution is 2.21. The van der Waals surface area contributed by atoms with E-state index in [1.165, 1.54) is 0 Å². The van der Waals surface area contributed by atoms with Crippen molar-refractivity contribution in [2.75, 3.05) is 6.54 Å². The van der Waals surface area contributed by atoms with Crippen LogP contribution >= 0.6 is 15.9 Å². The van der Waals surface area contributed by atoms with Gasteiger partial charge in [0.15, 0.2) is 0 Å². The Hall–Kier alpha value is -0.840. The summed E-state index contributed by atoms with van der Waals surface area (Å²) in [5, 5.41) is 2.83. The molecule has 5 heteroatoms. The van der Waals surface area contributed by atoms with Gasteiger partial charge in [0.05, 0.1) is 6.54 Å². The molecule has 2 amide bonds. The van der Waals surface area contributed by atoms with Gasteiger partial charge in [-0.05, 0) is 12.3 Å². The number of hydrogen-bond donors (Lipinski definition) is 1. The summed E-state index contributed by atoms with van der Waals surface area (Å²) in [6.07, 6.45) is 1.55. The molecule has 2 unspecified atom stereocenters. The van der Waals surface area contributed by atoms with Crippen LogP contribution in [0.15, 0.2) is 11.1 Å². The summed E-state index contributed by atoms with van der Waals surface area (Å²) >= 11 is 3.27. The molecule has 1 fully saturated rings. The number of halogens is 1. The molecule has 0 spiro atoms. The molecule has 1 heterocycles. The first-order chi connectivity index (χ1) is 8.38. The zero-order valence-electron chi connectivity index (χ0n) is 11.2. The van der Waals surface area contributed by atoms with E-state index in [0.29, 0.717) is 17.4 Å². The molecular formula is C13H21BrN2O2. The third-order valence-electron chi connectivity index (χ3n) is 3.05. The maximum absolute atomic E-state index is 12.4. The average Bonchev–Trinajstić information content (AvgIpc) is 2.24. The van der Waals surface area contributed by atoms with Gasteiger partial charge in [-0.3, -0.25) is 9.59 Å². The first kappa shape index (κ1) is 15.2. The van der Waals surface area contributed by atoms with Gasteiger partial charge in [-0.2, -0.15) is 0 Å². The van der Waals surface area contributed by atoms with Crippen molar-refractivity contribution in [3.63, 3.8) is 0 Å². The Labute approximate surface area is 117 Å². The fourth-order valence-electron chi connectivity index (χ4n) is 2.31. The van der Waals surface area contributed by atoms with Crippen molar-refractivity contribution in [1.82, 2.24) is 10.2 Å². The first-order valence-electron chi connectivity index (χ1n) is 6.32. The van der Waals surface area contributed by atoms with Crippen LogP contribution in [-0.4, -0.2) is 35.3 Å². The lowest BCUT2D eigenvalue weighted by Crippen LogP contribution is -2.64. The summed E-state index contributed by atoms with van der Waals surface area (Å²) in [7, 11) is 0. The van der Waals surface area contributed by atoms with Crippen LogP contribution < -0.4 is 5.32 Å². The minimum absolute atomic E-state index is 0.00394. The maximum atomic E-state index is 12.4. The van der Waals surface area contributed by atoms with Gasteiger partial charge < -0.3 is 10.2 Å². The standard InChI is InChI=1S/C13H21BrN2O2/c1-5-6-10-13(18)16(7-9(4)14)11(8(2)3)12(17)15-10/h8,10-11H,4-7H2,1-3H3,(H,15,17). The molecule has 1 rings (SSSR count). The van der Waals surface area contributed by atoms with Crippen molar-refractivity contribution in [1.29, 1.82) is 0 Å². The predicted molar refractivity (Wildman–Crippen MR) is 75.2 cm³/mol. The summed E-state index contributed by atoms with van der Waals surface area (Å²) < 4.78 is 0.714. The number of amides is 2. The van der Waals surface area contributed by atoms with Crippen LogP contribution in [0.5, 0.6) is 0 Å². The normalized spacial score (nSPS) is 24.4. The molecule has 0 aliphatic carbocycles. The molecule has 1 saturated heterocycles. The summed E-state index contributed by atoms with van der Waals surface area (Å²) in [4.78, 5) is 26.1. The summed E-state index contributed by atoms with van der Waals surface area (Å²) in [5.41, 5.74) is 0. The highest BCUT2D eigenvalue weighted by molar-refractivity contribution is 9.11. The second-order valence-electron chi connectivity index (χ2n) is 5.02. The number of hydrogen-bond acceptors (Lipinski definition) is 2. The third-order valence-corrected chi connectivity index (χ3v) is 3.30. The molecule has 0 aromatic heterocycles. The van der Waals surface area contributed by atoms with Crippen molar-refractivity contribution in [2.24, 2.45) is 5.92 Å². The van der Waals surface area contributed by atoms with E-state index in [2.05, 4.69) is 27.8 Å². The zero-order chi connectivity index (χ0) is 13.9. The minimum Gasteiger partial charge on any atom is -0.342 e. The molecule has 18 heavy (non-hydrogen) atoms. The van der Waals surface area contributed by atoms with E-state index in [4.69, 9.17) is 0 Å². The lowest BCUT2D eigenvalue weighted by molar-refractivity contribution is -0.150. The first-order valence-corrected chi connectivity index (χ1v) is 7.11. The molecule has 1 N–H and O–H groups in total. The summed E-state index contributed by atoms with van der Waals surface area (Å²) in [6, 6.07) is -0.788. The third kappa shape index (κ3) is 3.34. The van der Waals surface area contributed by atoms with Crippen molar-refractivity contribution in [2.45, 2.75) is 45.7 Å². The Kier molecular flexibility index (Phi) is 5.38. The monoisotopic (exact) mass is 316 g/mol. The summed E-state index contributed by atoms with van der Waals surface area (Å²) in [5.74, 6) is 0.0240. The minimum atomic E-state index is -0.403. The fourth-order valence-corrected chi connectivity index (χ4v) is 2.58. The van der Waals surface area contributed by atoms with E-state index in [0.717, 1.165) is 6.42 Å². The SMILES string of the molecule is C=C(Br)CN1C(=O)C(CCC)NC(=O)C1C(C)C. The number of piperazine rings is 1. The van der Waals surface area contributed by atoms with Crippen molar-refractivity contribution < 1.29 is 9.59 Å². The van der Waals surface area contributed by atoms with Gasteiger partial charge in [-0.1, -0.05) is 49.7 Å². The van der Waals surface area contributed by atoms with Gasteiger partial charge in [0.2, 0.25) is 11.8 Å². The van der Waals surface area contributed by atoms with E-state index >= 15 is 0 Å².